The molecule has 0 unspecified atom stereocenters. The van der Waals surface area contributed by atoms with Gasteiger partial charge in [0.15, 0.2) is 5.60 Å². The zero-order valence-electron chi connectivity index (χ0n) is 53.3. The van der Waals surface area contributed by atoms with E-state index in [-0.39, 0.29) is 28.3 Å². The van der Waals surface area contributed by atoms with Crippen LogP contribution in [0.4, 0.5) is 0 Å². The maximum atomic E-state index is 7.77. The summed E-state index contributed by atoms with van der Waals surface area (Å²) < 4.78 is 36.8. The molecule has 438 valence electrons. The van der Waals surface area contributed by atoms with Crippen molar-refractivity contribution < 1.29 is 23.7 Å². The van der Waals surface area contributed by atoms with Crippen LogP contribution in [0.25, 0.3) is 16.8 Å². The van der Waals surface area contributed by atoms with E-state index < -0.39 is 5.60 Å². The molecule has 0 N–H and O–H groups in total. The van der Waals surface area contributed by atoms with Gasteiger partial charge in [-0.15, -0.1) is 0 Å². The lowest BCUT2D eigenvalue weighted by Crippen LogP contribution is -2.34. The van der Waals surface area contributed by atoms with Crippen molar-refractivity contribution in [2.45, 2.75) is 183 Å². The van der Waals surface area contributed by atoms with Crippen molar-refractivity contribution >= 4 is 16.8 Å². The standard InChI is InChI=1S/C79H92O5/c1-16-35-80-70-53-39-55-45-65(76(7,8)9)47-57(71(55)81-36-17-2)41-59-49-67(78(13,14)15)50-60(42-58-48-66(77(10,11)12)46-56(72(58)82-37-18-3)40-54(70)44-64(43-53)75(4,5)6)73(59)83-51-61-38-52-27-25-26-32-68(52)69-33-34-79(84-74(61)69,62-28-21-19-22-29-62)63-30-23-20-24-31-63/h19-34,38,43-50H,16-18,35-37,39-42,51H2,1-15H3. The number of rotatable bonds is 14. The van der Waals surface area contributed by atoms with Crippen molar-refractivity contribution in [3.05, 3.63) is 235 Å². The van der Waals surface area contributed by atoms with E-state index in [4.69, 9.17) is 23.7 Å². The minimum Gasteiger partial charge on any atom is -0.493 e. The lowest BCUT2D eigenvalue weighted by atomic mass is 9.79. The number of fused-ring (bicyclic) bond motifs is 11. The lowest BCUT2D eigenvalue weighted by Gasteiger charge is -2.37. The Morgan fingerprint density at radius 3 is 1.05 bits per heavy atom. The van der Waals surface area contributed by atoms with Crippen LogP contribution < -0.4 is 23.7 Å². The Bertz CT molecular complexity index is 3520. The molecule has 0 saturated carbocycles. The number of benzene rings is 8. The van der Waals surface area contributed by atoms with Crippen LogP contribution in [0.2, 0.25) is 0 Å². The van der Waals surface area contributed by atoms with Gasteiger partial charge in [-0.1, -0.05) is 237 Å². The predicted molar refractivity (Wildman–Crippen MR) is 351 cm³/mol. The van der Waals surface area contributed by atoms with Crippen molar-refractivity contribution in [1.82, 2.24) is 0 Å². The van der Waals surface area contributed by atoms with Crippen LogP contribution >= 0.6 is 0 Å². The molecule has 1 heterocycles. The summed E-state index contributed by atoms with van der Waals surface area (Å²) in [5, 5.41) is 2.27. The summed E-state index contributed by atoms with van der Waals surface area (Å²) in [6, 6.07) is 51.6. The Kier molecular flexibility index (Phi) is 17.1. The first-order chi connectivity index (χ1) is 40.0. The van der Waals surface area contributed by atoms with Gasteiger partial charge in [0.25, 0.3) is 0 Å². The highest BCUT2D eigenvalue weighted by Gasteiger charge is 2.39. The molecular formula is C79H92O5. The predicted octanol–water partition coefficient (Wildman–Crippen LogP) is 20.0. The van der Waals surface area contributed by atoms with Crippen molar-refractivity contribution in [3.63, 3.8) is 0 Å². The number of hydrogen-bond donors (Lipinski definition) is 0. The van der Waals surface area contributed by atoms with Crippen LogP contribution in [0.15, 0.2) is 146 Å². The smallest absolute Gasteiger partial charge is 0.178 e. The maximum absolute atomic E-state index is 7.77. The van der Waals surface area contributed by atoms with Gasteiger partial charge in [0.1, 0.15) is 35.4 Å². The second-order valence-electron chi connectivity index (χ2n) is 27.9. The molecule has 5 nitrogen and oxygen atoms in total. The third kappa shape index (κ3) is 12.6. The normalized spacial score (nSPS) is 14.2. The highest BCUT2D eigenvalue weighted by Crippen LogP contribution is 2.49. The van der Waals surface area contributed by atoms with E-state index in [2.05, 4.69) is 256 Å². The fraction of sp³-hybridized carbons (Fsp3) is 0.392. The fourth-order valence-electron chi connectivity index (χ4n) is 12.2. The monoisotopic (exact) mass is 1120 g/mol. The molecule has 2 aliphatic rings. The first kappa shape index (κ1) is 59.9. The van der Waals surface area contributed by atoms with Gasteiger partial charge in [-0.3, -0.25) is 0 Å². The molecule has 1 aliphatic heterocycles. The molecule has 10 rings (SSSR count). The van der Waals surface area contributed by atoms with Crippen LogP contribution in [-0.2, 0) is 59.6 Å². The van der Waals surface area contributed by atoms with E-state index in [0.717, 1.165) is 103 Å². The Morgan fingerprint density at radius 1 is 0.393 bits per heavy atom. The third-order valence-corrected chi connectivity index (χ3v) is 17.0. The molecule has 0 radical (unpaired) electrons. The van der Waals surface area contributed by atoms with Gasteiger partial charge in [0.2, 0.25) is 0 Å². The Morgan fingerprint density at radius 2 is 0.714 bits per heavy atom. The molecule has 8 bridgehead atoms. The zero-order valence-corrected chi connectivity index (χ0v) is 53.3. The van der Waals surface area contributed by atoms with Gasteiger partial charge < -0.3 is 23.7 Å². The van der Waals surface area contributed by atoms with Crippen molar-refractivity contribution in [2.75, 3.05) is 19.8 Å². The third-order valence-electron chi connectivity index (χ3n) is 17.0. The second-order valence-corrected chi connectivity index (χ2v) is 27.9. The van der Waals surface area contributed by atoms with E-state index in [1.165, 1.54) is 44.5 Å². The Hall–Kier alpha value is -7.24. The molecule has 0 saturated heterocycles. The van der Waals surface area contributed by atoms with E-state index in [1.54, 1.807) is 0 Å². The molecule has 8 aromatic rings. The van der Waals surface area contributed by atoms with Crippen molar-refractivity contribution in [2.24, 2.45) is 0 Å². The summed E-state index contributed by atoms with van der Waals surface area (Å²) >= 11 is 0. The molecule has 0 aromatic heterocycles. The molecule has 0 spiro atoms. The number of hydrogen-bond acceptors (Lipinski definition) is 5. The molecule has 5 heteroatoms. The van der Waals surface area contributed by atoms with Crippen LogP contribution in [-0.4, -0.2) is 19.8 Å². The maximum Gasteiger partial charge on any atom is 0.178 e. The van der Waals surface area contributed by atoms with E-state index in [1.807, 2.05) is 0 Å². The highest BCUT2D eigenvalue weighted by atomic mass is 16.5. The number of ether oxygens (including phenoxy) is 5. The summed E-state index contributed by atoms with van der Waals surface area (Å²) in [6.45, 7) is 36.7. The van der Waals surface area contributed by atoms with E-state index in [0.29, 0.717) is 45.5 Å². The average molecular weight is 1120 g/mol. The quantitative estimate of drug-likeness (QED) is 0.109. The molecule has 1 aliphatic carbocycles. The van der Waals surface area contributed by atoms with Gasteiger partial charge in [-0.2, -0.15) is 0 Å². The van der Waals surface area contributed by atoms with Crippen LogP contribution in [0.3, 0.4) is 0 Å². The summed E-state index contributed by atoms with van der Waals surface area (Å²) in [5.74, 6) is 4.58. The largest absolute Gasteiger partial charge is 0.493 e. The SMILES string of the molecule is CCCOc1c2cc(C(C)(C)C)cc1Cc1cc(C(C)(C)C)cc(c1OCCC)Cc1cc(C(C)(C)C)cc(c1OCc1cc3ccccc3c3c1OC(c1ccccc1)(c1ccccc1)C=C3)Cc1cc(C(C)(C)C)cc(c1OCCC)C2. The summed E-state index contributed by atoms with van der Waals surface area (Å²) in [4.78, 5) is 0. The first-order valence-corrected chi connectivity index (χ1v) is 31.2. The minimum atomic E-state index is -0.882. The van der Waals surface area contributed by atoms with E-state index >= 15 is 0 Å². The molecule has 0 fully saturated rings. The van der Waals surface area contributed by atoms with Gasteiger partial charge >= 0.3 is 0 Å². The summed E-state index contributed by atoms with van der Waals surface area (Å²) in [7, 11) is 0. The Balaban J connectivity index is 1.26. The van der Waals surface area contributed by atoms with Gasteiger partial charge in [0.05, 0.1) is 19.8 Å². The molecular weight excluding hydrogens is 1030 g/mol. The Labute approximate surface area is 503 Å². The van der Waals surface area contributed by atoms with Crippen LogP contribution in [0.1, 0.15) is 212 Å². The summed E-state index contributed by atoms with van der Waals surface area (Å²) in [5.41, 5.74) is 16.9. The average Bonchev–Trinajstić information content (AvgIpc) is 1.13. The van der Waals surface area contributed by atoms with Gasteiger partial charge in [-0.25, -0.2) is 0 Å². The molecule has 8 aromatic carbocycles. The lowest BCUT2D eigenvalue weighted by molar-refractivity contribution is 0.156. The van der Waals surface area contributed by atoms with E-state index in [9.17, 15) is 0 Å². The minimum absolute atomic E-state index is 0.126. The van der Waals surface area contributed by atoms with Crippen LogP contribution in [0.5, 0.6) is 28.7 Å². The fourth-order valence-corrected chi connectivity index (χ4v) is 12.2. The molecule has 0 amide bonds. The van der Waals surface area contributed by atoms with Crippen LogP contribution in [0, 0.1) is 0 Å². The van der Waals surface area contributed by atoms with Gasteiger partial charge in [-0.05, 0) is 137 Å². The summed E-state index contributed by atoms with van der Waals surface area (Å²) in [6.07, 6.45) is 9.64. The topological polar surface area (TPSA) is 46.2 Å². The van der Waals surface area contributed by atoms with Crippen molar-refractivity contribution in [3.8, 4) is 28.7 Å². The van der Waals surface area contributed by atoms with Crippen molar-refractivity contribution in [1.29, 1.82) is 0 Å². The highest BCUT2D eigenvalue weighted by molar-refractivity contribution is 5.95. The first-order valence-electron chi connectivity index (χ1n) is 31.2. The molecule has 0 atom stereocenters. The van der Waals surface area contributed by atoms with Gasteiger partial charge in [0, 0.05) is 47.9 Å². The zero-order chi connectivity index (χ0) is 59.8. The second kappa shape index (κ2) is 24.0. The molecule has 84 heavy (non-hydrogen) atoms.